The Morgan fingerprint density at radius 1 is 0.657 bits per heavy atom. The van der Waals surface area contributed by atoms with E-state index in [4.69, 9.17) is 52.1 Å². The van der Waals surface area contributed by atoms with E-state index in [-0.39, 0.29) is 24.7 Å². The predicted octanol–water partition coefficient (Wildman–Crippen LogP) is 5.35. The van der Waals surface area contributed by atoms with Crippen molar-refractivity contribution in [3.05, 3.63) is 17.7 Å². The molecule has 7 atom stereocenters. The molecule has 23 nitrogen and oxygen atoms in total. The normalized spacial score (nSPS) is 18.8. The first-order valence-corrected chi connectivity index (χ1v) is 23.7. The summed E-state index contributed by atoms with van der Waals surface area (Å²) in [7, 11) is 4.34. The van der Waals surface area contributed by atoms with Gasteiger partial charge >= 0.3 is 42.2 Å². The third kappa shape index (κ3) is 21.9. The third-order valence-corrected chi connectivity index (χ3v) is 11.1. The zero-order valence-electron chi connectivity index (χ0n) is 42.5. The van der Waals surface area contributed by atoms with Crippen molar-refractivity contribution < 1.29 is 90.5 Å². The average Bonchev–Trinajstić information content (AvgIpc) is 3.19. The largest absolute Gasteiger partial charge is 0.496 e. The SMILES string of the molecule is COc1cc(OC)c(CSC(CCN=C(NC(=O)OC(C)(C)C)NC(=O)OC(C)(C)C)[C@H](NC(=O)OC(C)(C)C)C(=O)S[C@H]2O[C@@H](COC(C)=O)[C@@H](OC(C)=O)[C@@H](OC(C)=O)[C@@H]2OC(C)=O)c(OC)c1. The average molecular weight is 1030 g/mol. The molecule has 1 aliphatic heterocycles. The first kappa shape index (κ1) is 60.4. The van der Waals surface area contributed by atoms with Crippen LogP contribution in [0.25, 0.3) is 0 Å². The fourth-order valence-electron chi connectivity index (χ4n) is 6.18. The van der Waals surface area contributed by atoms with Crippen molar-refractivity contribution >= 4 is 76.8 Å². The number of hydrogen-bond acceptors (Lipinski definition) is 22. The van der Waals surface area contributed by atoms with Gasteiger partial charge < -0.3 is 57.4 Å². The van der Waals surface area contributed by atoms with Crippen LogP contribution < -0.4 is 30.2 Å². The van der Waals surface area contributed by atoms with Crippen LogP contribution in [0.2, 0.25) is 0 Å². The van der Waals surface area contributed by atoms with Crippen molar-refractivity contribution in [1.29, 1.82) is 0 Å². The second-order valence-corrected chi connectivity index (χ2v) is 20.6. The Morgan fingerprint density at radius 2 is 1.13 bits per heavy atom. The molecule has 70 heavy (non-hydrogen) atoms. The minimum Gasteiger partial charge on any atom is -0.496 e. The van der Waals surface area contributed by atoms with E-state index in [1.807, 2.05) is 0 Å². The molecule has 0 aliphatic carbocycles. The summed E-state index contributed by atoms with van der Waals surface area (Å²) in [6.45, 7) is 18.1. The lowest BCUT2D eigenvalue weighted by Gasteiger charge is -2.44. The monoisotopic (exact) mass is 1030 g/mol. The van der Waals surface area contributed by atoms with Crippen molar-refractivity contribution in [2.45, 2.75) is 160 Å². The Bertz CT molecular complexity index is 1990. The van der Waals surface area contributed by atoms with Gasteiger partial charge in [0.25, 0.3) is 0 Å². The van der Waals surface area contributed by atoms with Crippen molar-refractivity contribution in [3.8, 4) is 17.2 Å². The third-order valence-electron chi connectivity index (χ3n) is 8.66. The molecule has 1 aliphatic rings. The van der Waals surface area contributed by atoms with Crippen LogP contribution in [0.5, 0.6) is 17.2 Å². The Morgan fingerprint density at radius 3 is 1.57 bits per heavy atom. The van der Waals surface area contributed by atoms with E-state index < -0.39 is 112 Å². The number of amides is 3. The molecule has 2 rings (SSSR count). The molecule has 394 valence electrons. The maximum Gasteiger partial charge on any atom is 0.414 e. The van der Waals surface area contributed by atoms with Crippen LogP contribution in [-0.4, -0.2) is 146 Å². The van der Waals surface area contributed by atoms with Crippen LogP contribution in [0, 0.1) is 0 Å². The number of carbonyl (C=O) groups is 8. The van der Waals surface area contributed by atoms with Crippen LogP contribution in [0.15, 0.2) is 17.1 Å². The van der Waals surface area contributed by atoms with Gasteiger partial charge in [0.15, 0.2) is 23.7 Å². The molecule has 0 saturated carbocycles. The van der Waals surface area contributed by atoms with Gasteiger partial charge in [-0.3, -0.25) is 39.6 Å². The van der Waals surface area contributed by atoms with Gasteiger partial charge in [-0.05, 0) is 80.5 Å². The van der Waals surface area contributed by atoms with Gasteiger partial charge in [0.1, 0.15) is 52.8 Å². The summed E-state index contributed by atoms with van der Waals surface area (Å²) in [4.78, 5) is 109. The fraction of sp³-hybridized carbons (Fsp3) is 0.667. The summed E-state index contributed by atoms with van der Waals surface area (Å²) in [5, 5.41) is 5.64. The lowest BCUT2D eigenvalue weighted by Crippen LogP contribution is -2.62. The zero-order chi connectivity index (χ0) is 53.3. The number of hydrogen-bond donors (Lipinski definition) is 3. The van der Waals surface area contributed by atoms with Crippen LogP contribution in [0.3, 0.4) is 0 Å². The maximum atomic E-state index is 15.1. The molecule has 3 amide bonds. The standard InChI is InChI=1S/C45H68N4O19S2/c1-23(50)61-21-31-34(62-24(2)51)35(63-25(3)52)36(64-26(4)53)38(65-31)70-37(54)33(47-40(55)66-43(5,6)7)32(69-22-28-29(59-15)19-27(58-14)20-30(28)60-16)17-18-46-39(48-41(56)67-44(8,9)10)49-42(57)68-45(11,12)13/h19-20,31-36,38H,17-18,21-22H2,1-16H3,(H,47,55)(H2,46,48,49,56,57)/t31-,32?,33-,34+,35+,36-,38+/m0/s1. The maximum absolute atomic E-state index is 15.1. The van der Waals surface area contributed by atoms with Crippen LogP contribution >= 0.6 is 23.5 Å². The van der Waals surface area contributed by atoms with Gasteiger partial charge in [-0.2, -0.15) is 11.8 Å². The van der Waals surface area contributed by atoms with Gasteiger partial charge in [0.05, 0.1) is 21.3 Å². The van der Waals surface area contributed by atoms with Gasteiger partial charge in [0, 0.05) is 62.9 Å². The first-order valence-electron chi connectivity index (χ1n) is 21.8. The van der Waals surface area contributed by atoms with E-state index in [1.165, 1.54) is 21.3 Å². The number of rotatable bonds is 18. The van der Waals surface area contributed by atoms with E-state index in [0.717, 1.165) is 39.5 Å². The number of aliphatic imine (C=N–C) groups is 1. The number of benzene rings is 1. The minimum atomic E-state index is -1.64. The molecule has 1 aromatic carbocycles. The highest BCUT2D eigenvalue weighted by Crippen LogP contribution is 2.40. The number of esters is 4. The Hall–Kier alpha value is -5.69. The zero-order valence-corrected chi connectivity index (χ0v) is 44.2. The number of guanidine groups is 1. The number of alkyl carbamates (subject to hydrolysis) is 3. The van der Waals surface area contributed by atoms with E-state index in [0.29, 0.717) is 34.6 Å². The topological polar surface area (TPSA) is 287 Å². The smallest absolute Gasteiger partial charge is 0.414 e. The van der Waals surface area contributed by atoms with Gasteiger partial charge in [0.2, 0.25) is 11.1 Å². The number of carbonyl (C=O) groups excluding carboxylic acids is 8. The lowest BCUT2D eigenvalue weighted by molar-refractivity contribution is -0.237. The summed E-state index contributed by atoms with van der Waals surface area (Å²) < 4.78 is 61.3. The van der Waals surface area contributed by atoms with E-state index in [1.54, 1.807) is 74.4 Å². The van der Waals surface area contributed by atoms with Gasteiger partial charge in [-0.1, -0.05) is 0 Å². The number of thioether (sulfide) groups is 2. The Kier molecular flexibility index (Phi) is 23.4. The molecule has 1 unspecified atom stereocenters. The van der Waals surface area contributed by atoms with Crippen LogP contribution in [0.4, 0.5) is 14.4 Å². The van der Waals surface area contributed by atoms with E-state index in [2.05, 4.69) is 20.9 Å². The van der Waals surface area contributed by atoms with Crippen molar-refractivity contribution in [1.82, 2.24) is 16.0 Å². The van der Waals surface area contributed by atoms with Crippen molar-refractivity contribution in [2.75, 3.05) is 34.5 Å². The highest BCUT2D eigenvalue weighted by Gasteiger charge is 2.53. The van der Waals surface area contributed by atoms with E-state index in [9.17, 15) is 33.6 Å². The quantitative estimate of drug-likeness (QED) is 0.0723. The molecule has 0 radical (unpaired) electrons. The summed E-state index contributed by atoms with van der Waals surface area (Å²) in [5.74, 6) is -2.63. The molecule has 1 saturated heterocycles. The summed E-state index contributed by atoms with van der Waals surface area (Å²) in [5.41, 5.74) is -4.01. The second-order valence-electron chi connectivity index (χ2n) is 18.3. The van der Waals surface area contributed by atoms with Crippen LogP contribution in [-0.2, 0) is 67.6 Å². The molecule has 0 spiro atoms. The highest BCUT2D eigenvalue weighted by molar-refractivity contribution is 8.14. The Balaban J connectivity index is 2.89. The fourth-order valence-corrected chi connectivity index (χ4v) is 8.73. The van der Waals surface area contributed by atoms with Crippen molar-refractivity contribution in [3.63, 3.8) is 0 Å². The minimum absolute atomic E-state index is 0.0490. The molecular weight excluding hydrogens is 965 g/mol. The molecule has 1 fully saturated rings. The van der Waals surface area contributed by atoms with Crippen molar-refractivity contribution in [2.24, 2.45) is 4.99 Å². The summed E-state index contributed by atoms with van der Waals surface area (Å²) in [6, 6.07) is 1.69. The number of methoxy groups -OCH3 is 3. The molecule has 3 N–H and O–H groups in total. The van der Waals surface area contributed by atoms with Gasteiger partial charge in [-0.25, -0.2) is 14.4 Å². The predicted molar refractivity (Wildman–Crippen MR) is 255 cm³/mol. The molecule has 1 aromatic rings. The molecule has 25 heteroatoms. The molecule has 1 heterocycles. The Labute approximate surface area is 416 Å². The second kappa shape index (κ2) is 27.1. The number of nitrogens with one attached hydrogen (secondary N) is 3. The number of ether oxygens (including phenoxy) is 11. The number of nitrogens with zero attached hydrogens (tertiary/aromatic N) is 1. The van der Waals surface area contributed by atoms with Crippen LogP contribution in [0.1, 0.15) is 102 Å². The first-order chi connectivity index (χ1) is 32.3. The molecular formula is C45H68N4O19S2. The van der Waals surface area contributed by atoms with Gasteiger partial charge in [-0.15, -0.1) is 0 Å². The molecule has 0 bridgehead atoms. The summed E-state index contributed by atoms with van der Waals surface area (Å²) in [6.07, 6.45) is -9.21. The van der Waals surface area contributed by atoms with E-state index >= 15 is 4.79 Å². The molecule has 0 aromatic heterocycles. The summed E-state index contributed by atoms with van der Waals surface area (Å²) >= 11 is 1.55. The lowest BCUT2D eigenvalue weighted by atomic mass is 9.99. The highest BCUT2D eigenvalue weighted by atomic mass is 32.2.